The Balaban J connectivity index is 1.98. The van der Waals surface area contributed by atoms with Crippen LogP contribution in [-0.2, 0) is 11.2 Å². The monoisotopic (exact) mass is 247 g/mol. The normalized spacial score (nSPS) is 24.4. The van der Waals surface area contributed by atoms with E-state index in [1.165, 1.54) is 11.1 Å². The van der Waals surface area contributed by atoms with Crippen molar-refractivity contribution in [3.63, 3.8) is 0 Å². The number of aryl methyl sites for hydroxylation is 1. The Hall–Kier alpha value is -0.860. The first kappa shape index (κ1) is 13.6. The number of ether oxygens (including phenoxy) is 1. The number of rotatable bonds is 4. The Morgan fingerprint density at radius 3 is 2.67 bits per heavy atom. The van der Waals surface area contributed by atoms with Crippen molar-refractivity contribution in [2.75, 3.05) is 13.2 Å². The van der Waals surface area contributed by atoms with Crippen molar-refractivity contribution in [3.05, 3.63) is 35.4 Å². The molecule has 1 N–H and O–H groups in total. The molecule has 18 heavy (non-hydrogen) atoms. The highest BCUT2D eigenvalue weighted by atomic mass is 16.5. The van der Waals surface area contributed by atoms with E-state index < -0.39 is 0 Å². The van der Waals surface area contributed by atoms with E-state index in [1.54, 1.807) is 0 Å². The predicted octanol–water partition coefficient (Wildman–Crippen LogP) is 2.94. The first-order chi connectivity index (χ1) is 8.65. The summed E-state index contributed by atoms with van der Waals surface area (Å²) >= 11 is 0. The second-order valence-electron chi connectivity index (χ2n) is 5.74. The molecular formula is C16H25NO. The van der Waals surface area contributed by atoms with Gasteiger partial charge in [0.05, 0.1) is 6.61 Å². The quantitative estimate of drug-likeness (QED) is 0.883. The molecule has 2 unspecified atom stereocenters. The molecule has 1 aromatic rings. The Morgan fingerprint density at radius 1 is 1.28 bits per heavy atom. The molecule has 0 amide bonds. The van der Waals surface area contributed by atoms with Gasteiger partial charge in [0.1, 0.15) is 0 Å². The molecule has 2 heteroatoms. The molecule has 0 aromatic heterocycles. The van der Waals surface area contributed by atoms with Gasteiger partial charge in [-0.25, -0.2) is 0 Å². The summed E-state index contributed by atoms with van der Waals surface area (Å²) in [6, 6.07) is 10.0. The lowest BCUT2D eigenvalue weighted by Crippen LogP contribution is -2.46. The minimum atomic E-state index is 0.550. The number of hydrogen-bond donors (Lipinski definition) is 1. The Kier molecular flexibility index (Phi) is 4.79. The predicted molar refractivity (Wildman–Crippen MR) is 75.9 cm³/mol. The third kappa shape index (κ3) is 3.82. The first-order valence-corrected chi connectivity index (χ1v) is 7.04. The number of benzene rings is 1. The summed E-state index contributed by atoms with van der Waals surface area (Å²) in [5.41, 5.74) is 2.75. The smallest absolute Gasteiger partial charge is 0.0512 e. The highest BCUT2D eigenvalue weighted by Crippen LogP contribution is 2.20. The fourth-order valence-electron chi connectivity index (χ4n) is 2.67. The van der Waals surface area contributed by atoms with Gasteiger partial charge in [0.2, 0.25) is 0 Å². The molecule has 0 saturated carbocycles. The van der Waals surface area contributed by atoms with E-state index in [2.05, 4.69) is 50.4 Å². The third-order valence-corrected chi connectivity index (χ3v) is 3.64. The topological polar surface area (TPSA) is 21.3 Å². The zero-order chi connectivity index (χ0) is 13.0. The van der Waals surface area contributed by atoms with Gasteiger partial charge in [0, 0.05) is 24.6 Å². The summed E-state index contributed by atoms with van der Waals surface area (Å²) in [5.74, 6) is 0.601. The van der Waals surface area contributed by atoms with Crippen LogP contribution in [0.2, 0.25) is 0 Å². The highest BCUT2D eigenvalue weighted by Gasteiger charge is 2.26. The van der Waals surface area contributed by atoms with E-state index in [0.29, 0.717) is 18.0 Å². The summed E-state index contributed by atoms with van der Waals surface area (Å²) < 4.78 is 5.65. The van der Waals surface area contributed by atoms with Crippen molar-refractivity contribution in [2.45, 2.75) is 45.7 Å². The molecule has 0 radical (unpaired) electrons. The molecule has 2 rings (SSSR count). The molecule has 100 valence electrons. The first-order valence-electron chi connectivity index (χ1n) is 7.04. The van der Waals surface area contributed by atoms with Crippen LogP contribution in [0.15, 0.2) is 24.3 Å². The van der Waals surface area contributed by atoms with Gasteiger partial charge in [-0.15, -0.1) is 0 Å². The van der Waals surface area contributed by atoms with Gasteiger partial charge < -0.3 is 10.1 Å². The van der Waals surface area contributed by atoms with Crippen molar-refractivity contribution < 1.29 is 4.74 Å². The molecule has 1 aromatic carbocycles. The van der Waals surface area contributed by atoms with Crippen LogP contribution in [0.3, 0.4) is 0 Å². The Morgan fingerprint density at radius 2 is 2.00 bits per heavy atom. The molecule has 1 aliphatic heterocycles. The van der Waals surface area contributed by atoms with Crippen molar-refractivity contribution in [2.24, 2.45) is 5.92 Å². The van der Waals surface area contributed by atoms with Gasteiger partial charge in [-0.05, 0) is 25.3 Å². The Bertz CT molecular complexity index is 358. The number of hydrogen-bond acceptors (Lipinski definition) is 2. The molecule has 2 atom stereocenters. The maximum atomic E-state index is 5.65. The lowest BCUT2D eigenvalue weighted by molar-refractivity contribution is 0.0300. The SMILES string of the molecule is Cc1ccc(CC2COCCC2NC(C)C)cc1. The van der Waals surface area contributed by atoms with Crippen molar-refractivity contribution >= 4 is 0 Å². The molecule has 1 aliphatic rings. The second-order valence-corrected chi connectivity index (χ2v) is 5.74. The van der Waals surface area contributed by atoms with Crippen molar-refractivity contribution in [1.29, 1.82) is 0 Å². The summed E-state index contributed by atoms with van der Waals surface area (Å²) in [5, 5.41) is 3.68. The zero-order valence-electron chi connectivity index (χ0n) is 11.8. The van der Waals surface area contributed by atoms with Crippen LogP contribution in [-0.4, -0.2) is 25.3 Å². The standard InChI is InChI=1S/C16H25NO/c1-12(2)17-16-8-9-18-11-15(16)10-14-6-4-13(3)5-7-14/h4-7,12,15-17H,8-11H2,1-3H3. The van der Waals surface area contributed by atoms with Crippen LogP contribution in [0.4, 0.5) is 0 Å². The van der Waals surface area contributed by atoms with E-state index in [-0.39, 0.29) is 0 Å². The zero-order valence-corrected chi connectivity index (χ0v) is 11.8. The van der Waals surface area contributed by atoms with E-state index in [4.69, 9.17) is 4.74 Å². The van der Waals surface area contributed by atoms with Gasteiger partial charge in [0.15, 0.2) is 0 Å². The van der Waals surface area contributed by atoms with E-state index in [0.717, 1.165) is 26.1 Å². The third-order valence-electron chi connectivity index (χ3n) is 3.64. The molecule has 0 bridgehead atoms. The minimum Gasteiger partial charge on any atom is -0.381 e. The van der Waals surface area contributed by atoms with Crippen molar-refractivity contribution in [3.8, 4) is 0 Å². The fourth-order valence-corrected chi connectivity index (χ4v) is 2.67. The van der Waals surface area contributed by atoms with Crippen molar-refractivity contribution in [1.82, 2.24) is 5.32 Å². The van der Waals surface area contributed by atoms with Crippen LogP contribution in [0, 0.1) is 12.8 Å². The molecule has 0 aliphatic carbocycles. The average molecular weight is 247 g/mol. The fraction of sp³-hybridized carbons (Fsp3) is 0.625. The van der Waals surface area contributed by atoms with Gasteiger partial charge >= 0.3 is 0 Å². The maximum absolute atomic E-state index is 5.65. The van der Waals surface area contributed by atoms with Crippen LogP contribution in [0.25, 0.3) is 0 Å². The largest absolute Gasteiger partial charge is 0.381 e. The second kappa shape index (κ2) is 6.35. The van der Waals surface area contributed by atoms with Gasteiger partial charge in [-0.1, -0.05) is 43.7 Å². The summed E-state index contributed by atoms with van der Waals surface area (Å²) in [4.78, 5) is 0. The van der Waals surface area contributed by atoms with Crippen LogP contribution < -0.4 is 5.32 Å². The van der Waals surface area contributed by atoms with Gasteiger partial charge in [-0.2, -0.15) is 0 Å². The average Bonchev–Trinajstić information content (AvgIpc) is 2.34. The van der Waals surface area contributed by atoms with Crippen LogP contribution >= 0.6 is 0 Å². The molecule has 1 fully saturated rings. The highest BCUT2D eigenvalue weighted by molar-refractivity contribution is 5.22. The van der Waals surface area contributed by atoms with E-state index in [1.807, 2.05) is 0 Å². The van der Waals surface area contributed by atoms with E-state index >= 15 is 0 Å². The lowest BCUT2D eigenvalue weighted by Gasteiger charge is -2.33. The van der Waals surface area contributed by atoms with Crippen LogP contribution in [0.1, 0.15) is 31.4 Å². The molecule has 1 heterocycles. The molecule has 0 spiro atoms. The summed E-state index contributed by atoms with van der Waals surface area (Å²) in [6.07, 6.45) is 2.25. The molecule has 2 nitrogen and oxygen atoms in total. The van der Waals surface area contributed by atoms with E-state index in [9.17, 15) is 0 Å². The van der Waals surface area contributed by atoms with Gasteiger partial charge in [-0.3, -0.25) is 0 Å². The number of nitrogens with one attached hydrogen (secondary N) is 1. The Labute approximate surface area is 111 Å². The van der Waals surface area contributed by atoms with Gasteiger partial charge in [0.25, 0.3) is 0 Å². The summed E-state index contributed by atoms with van der Waals surface area (Å²) in [7, 11) is 0. The maximum Gasteiger partial charge on any atom is 0.0512 e. The summed E-state index contributed by atoms with van der Waals surface area (Å²) in [6.45, 7) is 8.36. The minimum absolute atomic E-state index is 0.550. The lowest BCUT2D eigenvalue weighted by atomic mass is 9.89. The van der Waals surface area contributed by atoms with Crippen LogP contribution in [0.5, 0.6) is 0 Å². The molecule has 1 saturated heterocycles. The molecular weight excluding hydrogens is 222 g/mol.